The lowest BCUT2D eigenvalue weighted by Gasteiger charge is -2.17. The van der Waals surface area contributed by atoms with Gasteiger partial charge in [0.1, 0.15) is 6.10 Å². The van der Waals surface area contributed by atoms with Gasteiger partial charge >= 0.3 is 0 Å². The van der Waals surface area contributed by atoms with Crippen molar-refractivity contribution >= 4 is 18.3 Å². The van der Waals surface area contributed by atoms with Crippen LogP contribution in [0.5, 0.6) is 0 Å². The van der Waals surface area contributed by atoms with E-state index in [1.807, 2.05) is 6.92 Å². The predicted molar refractivity (Wildman–Crippen MR) is 53.3 cm³/mol. The van der Waals surface area contributed by atoms with Gasteiger partial charge in [-0.2, -0.15) is 0 Å². The summed E-state index contributed by atoms with van der Waals surface area (Å²) in [6.07, 6.45) is -0.176. The maximum Gasteiger partial charge on any atom is 0.183 e. The van der Waals surface area contributed by atoms with Gasteiger partial charge in [0.15, 0.2) is 6.49 Å². The maximum atomic E-state index is 9.45. The van der Waals surface area contributed by atoms with Gasteiger partial charge in [-0.15, -0.1) is 0 Å². The number of hydrogen-bond donors (Lipinski definition) is 2. The van der Waals surface area contributed by atoms with Crippen molar-refractivity contribution in [2.75, 3.05) is 13.3 Å². The minimum atomic E-state index is -2.62. The summed E-state index contributed by atoms with van der Waals surface area (Å²) in [7, 11) is 0. The molecule has 0 aromatic carbocycles. The topological polar surface area (TPSA) is 58.9 Å². The summed E-state index contributed by atoms with van der Waals surface area (Å²) in [6, 6.07) is 0. The van der Waals surface area contributed by atoms with Crippen LogP contribution >= 0.6 is 6.49 Å². The van der Waals surface area contributed by atoms with Crippen molar-refractivity contribution in [2.45, 2.75) is 31.7 Å². The van der Waals surface area contributed by atoms with E-state index in [4.69, 9.17) is 21.1 Å². The molecule has 1 heterocycles. The maximum absolute atomic E-state index is 9.45. The van der Waals surface area contributed by atoms with Crippen LogP contribution in [0.15, 0.2) is 0 Å². The monoisotopic (exact) mass is 226 g/mol. The third kappa shape index (κ3) is 4.02. The molecule has 0 aliphatic carbocycles. The molecule has 1 aliphatic heterocycles. The standard InChI is InChI=1S/C7H15O4PS/c1-5-3-6(8)7(11-5)4-10-12(2,9)13/h5-8H,3-4H2,1-2H3,(H,9,13)/t5-,6+,7+,12?/m0/s1. The second-order valence-corrected chi connectivity index (χ2v) is 7.28. The van der Waals surface area contributed by atoms with Crippen molar-refractivity contribution in [3.05, 3.63) is 0 Å². The van der Waals surface area contributed by atoms with Gasteiger partial charge < -0.3 is 19.3 Å². The SMILES string of the molecule is C[C@H]1C[C@@H](O)[C@@H](COP(C)(O)=S)O1. The van der Waals surface area contributed by atoms with Gasteiger partial charge in [0.2, 0.25) is 0 Å². The molecule has 2 N–H and O–H groups in total. The lowest BCUT2D eigenvalue weighted by Crippen LogP contribution is -2.25. The lowest BCUT2D eigenvalue weighted by atomic mass is 10.1. The fourth-order valence-corrected chi connectivity index (χ4v) is 1.90. The first-order valence-electron chi connectivity index (χ1n) is 4.17. The highest BCUT2D eigenvalue weighted by Gasteiger charge is 2.32. The first-order chi connectivity index (χ1) is 5.88. The molecule has 0 aromatic rings. The van der Waals surface area contributed by atoms with Crippen LogP contribution in [0.1, 0.15) is 13.3 Å². The molecule has 4 atom stereocenters. The summed E-state index contributed by atoms with van der Waals surface area (Å²) < 4.78 is 10.4. The first kappa shape index (κ1) is 11.6. The summed E-state index contributed by atoms with van der Waals surface area (Å²) in [5, 5.41) is 9.45. The van der Waals surface area contributed by atoms with Gasteiger partial charge in [0.25, 0.3) is 0 Å². The van der Waals surface area contributed by atoms with Crippen LogP contribution in [0, 0.1) is 0 Å². The summed E-state index contributed by atoms with van der Waals surface area (Å²) >= 11 is 4.69. The molecule has 4 nitrogen and oxygen atoms in total. The van der Waals surface area contributed by atoms with Crippen LogP contribution < -0.4 is 0 Å². The van der Waals surface area contributed by atoms with E-state index in [1.165, 1.54) is 6.66 Å². The van der Waals surface area contributed by atoms with Gasteiger partial charge in [-0.25, -0.2) is 0 Å². The minimum Gasteiger partial charge on any atom is -0.390 e. The first-order valence-corrected chi connectivity index (χ1v) is 7.29. The lowest BCUT2D eigenvalue weighted by molar-refractivity contribution is -0.0105. The Balaban J connectivity index is 2.34. The van der Waals surface area contributed by atoms with E-state index in [-0.39, 0.29) is 18.8 Å². The van der Waals surface area contributed by atoms with Crippen molar-refractivity contribution in [1.82, 2.24) is 0 Å². The molecule has 0 saturated carbocycles. The Morgan fingerprint density at radius 1 is 1.69 bits per heavy atom. The Kier molecular flexibility index (Phi) is 3.86. The van der Waals surface area contributed by atoms with Crippen LogP contribution in [0.3, 0.4) is 0 Å². The highest BCUT2D eigenvalue weighted by Crippen LogP contribution is 2.38. The Bertz CT molecular complexity index is 217. The Morgan fingerprint density at radius 2 is 2.31 bits per heavy atom. The summed E-state index contributed by atoms with van der Waals surface area (Å²) in [6.45, 7) is 0.926. The number of aliphatic hydroxyl groups excluding tert-OH is 1. The molecule has 1 fully saturated rings. The largest absolute Gasteiger partial charge is 0.390 e. The van der Waals surface area contributed by atoms with Crippen molar-refractivity contribution in [2.24, 2.45) is 0 Å². The van der Waals surface area contributed by atoms with Gasteiger partial charge in [0, 0.05) is 13.1 Å². The summed E-state index contributed by atoms with van der Waals surface area (Å²) in [5.41, 5.74) is 0. The zero-order chi connectivity index (χ0) is 10.1. The van der Waals surface area contributed by atoms with E-state index >= 15 is 0 Å². The molecule has 0 amide bonds. The number of rotatable bonds is 3. The fraction of sp³-hybridized carbons (Fsp3) is 1.00. The molecule has 78 valence electrons. The van der Waals surface area contributed by atoms with Gasteiger partial charge in [-0.05, 0) is 18.7 Å². The van der Waals surface area contributed by atoms with Gasteiger partial charge in [-0.1, -0.05) is 0 Å². The number of ether oxygens (including phenoxy) is 1. The van der Waals surface area contributed by atoms with Crippen molar-refractivity contribution in [3.8, 4) is 0 Å². The number of hydrogen-bond acceptors (Lipinski definition) is 4. The van der Waals surface area contributed by atoms with Gasteiger partial charge in [-0.3, -0.25) is 0 Å². The summed E-state index contributed by atoms with van der Waals surface area (Å²) in [4.78, 5) is 9.20. The molecule has 13 heavy (non-hydrogen) atoms. The van der Waals surface area contributed by atoms with E-state index < -0.39 is 12.6 Å². The van der Waals surface area contributed by atoms with E-state index in [1.54, 1.807) is 0 Å². The molecule has 1 unspecified atom stereocenters. The molecule has 1 aliphatic rings. The molecule has 0 spiro atoms. The van der Waals surface area contributed by atoms with E-state index in [9.17, 15) is 10.00 Å². The molecule has 1 rings (SSSR count). The average molecular weight is 226 g/mol. The Labute approximate surface area is 83.0 Å². The van der Waals surface area contributed by atoms with Crippen LogP contribution in [0.25, 0.3) is 0 Å². The molecule has 0 radical (unpaired) electrons. The van der Waals surface area contributed by atoms with Crippen LogP contribution in [0.2, 0.25) is 0 Å². The Morgan fingerprint density at radius 3 is 2.69 bits per heavy atom. The second kappa shape index (κ2) is 4.34. The highest BCUT2D eigenvalue weighted by atomic mass is 32.5. The number of aliphatic hydroxyl groups is 1. The van der Waals surface area contributed by atoms with Crippen molar-refractivity contribution < 1.29 is 19.3 Å². The highest BCUT2D eigenvalue weighted by molar-refractivity contribution is 8.09. The zero-order valence-electron chi connectivity index (χ0n) is 7.71. The molecular formula is C7H15O4PS. The third-order valence-corrected chi connectivity index (χ3v) is 2.83. The average Bonchev–Trinajstić information content (AvgIpc) is 2.24. The van der Waals surface area contributed by atoms with E-state index in [0.29, 0.717) is 6.42 Å². The quantitative estimate of drug-likeness (QED) is 0.685. The molecule has 0 aromatic heterocycles. The third-order valence-electron chi connectivity index (χ3n) is 1.89. The van der Waals surface area contributed by atoms with Gasteiger partial charge in [0.05, 0.1) is 18.8 Å². The smallest absolute Gasteiger partial charge is 0.183 e. The van der Waals surface area contributed by atoms with Crippen molar-refractivity contribution in [3.63, 3.8) is 0 Å². The van der Waals surface area contributed by atoms with Crippen LogP contribution in [-0.2, 0) is 21.1 Å². The zero-order valence-corrected chi connectivity index (χ0v) is 9.42. The minimum absolute atomic E-state index is 0.0528. The van der Waals surface area contributed by atoms with Crippen LogP contribution in [-0.4, -0.2) is 41.6 Å². The van der Waals surface area contributed by atoms with E-state index in [2.05, 4.69) is 0 Å². The summed E-state index contributed by atoms with van der Waals surface area (Å²) in [5.74, 6) is 0. The second-order valence-electron chi connectivity index (χ2n) is 3.39. The Hall–Kier alpha value is 0.490. The molecule has 6 heteroatoms. The molecular weight excluding hydrogens is 211 g/mol. The van der Waals surface area contributed by atoms with Crippen molar-refractivity contribution in [1.29, 1.82) is 0 Å². The predicted octanol–water partition coefficient (Wildman–Crippen LogP) is 0.473. The molecule has 1 saturated heterocycles. The van der Waals surface area contributed by atoms with Crippen LogP contribution in [0.4, 0.5) is 0 Å². The van der Waals surface area contributed by atoms with E-state index in [0.717, 1.165) is 0 Å². The normalized spacial score (nSPS) is 38.9. The molecule has 0 bridgehead atoms. The fourth-order valence-electron chi connectivity index (χ4n) is 1.30.